The number of halogens is 1. The highest BCUT2D eigenvalue weighted by atomic mass is 19.1. The summed E-state index contributed by atoms with van der Waals surface area (Å²) in [4.78, 5) is 50.1. The highest BCUT2D eigenvalue weighted by Gasteiger charge is 2.29. The van der Waals surface area contributed by atoms with Gasteiger partial charge in [-0.3, -0.25) is 14.2 Å². The molecule has 0 spiro atoms. The van der Waals surface area contributed by atoms with Crippen LogP contribution in [0.4, 0.5) is 26.4 Å². The summed E-state index contributed by atoms with van der Waals surface area (Å²) in [5, 5.41) is 14.6. The van der Waals surface area contributed by atoms with E-state index in [1.54, 1.807) is 28.8 Å². The van der Waals surface area contributed by atoms with Gasteiger partial charge in [-0.15, -0.1) is 0 Å². The first-order valence-corrected chi connectivity index (χ1v) is 12.0. The molecule has 194 valence electrons. The number of carbonyl (C=O) groups excluding carboxylic acids is 1. The van der Waals surface area contributed by atoms with Crippen LogP contribution in [0.2, 0.25) is 0 Å². The molecule has 1 aliphatic carbocycles. The number of amides is 2. The molecule has 2 amide bonds. The Hall–Kier alpha value is -4.87. The van der Waals surface area contributed by atoms with Crippen LogP contribution in [-0.2, 0) is 4.79 Å². The van der Waals surface area contributed by atoms with Crippen LogP contribution >= 0.6 is 0 Å². The Morgan fingerprint density at radius 3 is 2.16 bits per heavy atom. The van der Waals surface area contributed by atoms with Gasteiger partial charge in [-0.1, -0.05) is 12.1 Å². The number of anilines is 3. The number of nitrogens with two attached hydrogens (primary N) is 1. The monoisotopic (exact) mass is 517 g/mol. The van der Waals surface area contributed by atoms with Gasteiger partial charge in [0.25, 0.3) is 5.56 Å². The van der Waals surface area contributed by atoms with Crippen LogP contribution in [0.25, 0.3) is 22.4 Å². The number of rotatable bonds is 5. The number of aliphatic carboxylic acids is 1. The highest BCUT2D eigenvalue weighted by molar-refractivity contribution is 5.99. The van der Waals surface area contributed by atoms with Gasteiger partial charge in [0.05, 0.1) is 5.92 Å². The van der Waals surface area contributed by atoms with E-state index in [4.69, 9.17) is 5.73 Å². The molecule has 4 aromatic rings. The van der Waals surface area contributed by atoms with E-state index in [0.29, 0.717) is 48.3 Å². The Kier molecular flexibility index (Phi) is 6.69. The van der Waals surface area contributed by atoms with Crippen molar-refractivity contribution in [3.8, 4) is 11.3 Å². The molecule has 1 saturated carbocycles. The average molecular weight is 518 g/mol. The molecule has 12 heteroatoms. The number of hydrogen-bond donors (Lipinski definition) is 4. The van der Waals surface area contributed by atoms with Gasteiger partial charge in [-0.25, -0.2) is 24.1 Å². The Balaban J connectivity index is 1.43. The maximum absolute atomic E-state index is 13.7. The second-order valence-electron chi connectivity index (χ2n) is 9.07. The molecule has 0 bridgehead atoms. The fourth-order valence-electron chi connectivity index (χ4n) is 4.68. The first-order chi connectivity index (χ1) is 18.3. The van der Waals surface area contributed by atoms with Crippen molar-refractivity contribution in [2.45, 2.75) is 31.7 Å². The summed E-state index contributed by atoms with van der Waals surface area (Å²) in [6, 6.07) is 11.1. The zero-order valence-corrected chi connectivity index (χ0v) is 20.1. The molecule has 1 aliphatic rings. The van der Waals surface area contributed by atoms with E-state index >= 15 is 0 Å². The Labute approximate surface area is 215 Å². The number of nitrogen functional groups attached to an aromatic ring is 1. The Bertz CT molecular complexity index is 1560. The molecule has 38 heavy (non-hydrogen) atoms. The number of hydrogen-bond acceptors (Lipinski definition) is 7. The van der Waals surface area contributed by atoms with E-state index in [1.165, 1.54) is 30.6 Å². The summed E-state index contributed by atoms with van der Waals surface area (Å²) >= 11 is 0. The van der Waals surface area contributed by atoms with Gasteiger partial charge in [0.15, 0.2) is 11.5 Å². The average Bonchev–Trinajstić information content (AvgIpc) is 2.90. The number of nitrogens with zero attached hydrogens (tertiary/aromatic N) is 4. The van der Waals surface area contributed by atoms with Gasteiger partial charge < -0.3 is 21.5 Å². The lowest BCUT2D eigenvalue weighted by atomic mass is 9.86. The lowest BCUT2D eigenvalue weighted by Gasteiger charge is -2.28. The van der Waals surface area contributed by atoms with E-state index in [9.17, 15) is 23.9 Å². The van der Waals surface area contributed by atoms with Gasteiger partial charge in [0.2, 0.25) is 0 Å². The van der Waals surface area contributed by atoms with E-state index in [2.05, 4.69) is 25.6 Å². The SMILES string of the molecule is Nc1ncnc2c1nc(-c1ccc(NC(=O)Nc3ccc(F)cc3)cc1)c(=O)n2C1CCC(C(=O)O)CC1. The number of nitrogens with one attached hydrogen (secondary N) is 2. The summed E-state index contributed by atoms with van der Waals surface area (Å²) in [5.74, 6) is -1.55. The lowest BCUT2D eigenvalue weighted by Crippen LogP contribution is -2.32. The fraction of sp³-hybridized carbons (Fsp3) is 0.231. The Morgan fingerprint density at radius 1 is 0.947 bits per heavy atom. The minimum absolute atomic E-state index is 0.125. The molecule has 5 rings (SSSR count). The smallest absolute Gasteiger partial charge is 0.323 e. The number of benzene rings is 2. The van der Waals surface area contributed by atoms with Crippen molar-refractivity contribution in [2.24, 2.45) is 5.92 Å². The predicted octanol–water partition coefficient (Wildman–Crippen LogP) is 4.03. The normalized spacial score (nSPS) is 17.2. The molecule has 2 aromatic carbocycles. The Morgan fingerprint density at radius 2 is 1.55 bits per heavy atom. The van der Waals surface area contributed by atoms with Gasteiger partial charge in [0.1, 0.15) is 23.4 Å². The van der Waals surface area contributed by atoms with Crippen LogP contribution in [0.1, 0.15) is 31.7 Å². The second-order valence-corrected chi connectivity index (χ2v) is 9.07. The summed E-state index contributed by atoms with van der Waals surface area (Å²) in [7, 11) is 0. The summed E-state index contributed by atoms with van der Waals surface area (Å²) in [6.45, 7) is 0. The van der Waals surface area contributed by atoms with Gasteiger partial charge in [-0.2, -0.15) is 0 Å². The van der Waals surface area contributed by atoms with Crippen LogP contribution in [0.15, 0.2) is 59.7 Å². The van der Waals surface area contributed by atoms with Gasteiger partial charge >= 0.3 is 12.0 Å². The second kappa shape index (κ2) is 10.2. The third-order valence-corrected chi connectivity index (χ3v) is 6.63. The molecule has 2 aromatic heterocycles. The van der Waals surface area contributed by atoms with Gasteiger partial charge in [-0.05, 0) is 62.1 Å². The number of carboxylic acids is 1. The van der Waals surface area contributed by atoms with Crippen LogP contribution in [0.3, 0.4) is 0 Å². The largest absolute Gasteiger partial charge is 0.481 e. The molecule has 11 nitrogen and oxygen atoms in total. The lowest BCUT2D eigenvalue weighted by molar-refractivity contribution is -0.143. The first kappa shape index (κ1) is 24.8. The third-order valence-electron chi connectivity index (χ3n) is 6.63. The number of urea groups is 1. The van der Waals surface area contributed by atoms with Crippen LogP contribution < -0.4 is 21.9 Å². The molecule has 0 unspecified atom stereocenters. The fourth-order valence-corrected chi connectivity index (χ4v) is 4.68. The predicted molar refractivity (Wildman–Crippen MR) is 139 cm³/mol. The minimum Gasteiger partial charge on any atom is -0.481 e. The van der Waals surface area contributed by atoms with Crippen molar-refractivity contribution >= 4 is 40.4 Å². The first-order valence-electron chi connectivity index (χ1n) is 12.0. The van der Waals surface area contributed by atoms with Crippen molar-refractivity contribution in [3.63, 3.8) is 0 Å². The number of fused-ring (bicyclic) bond motifs is 1. The molecule has 5 N–H and O–H groups in total. The number of aromatic nitrogens is 4. The molecular weight excluding hydrogens is 493 g/mol. The van der Waals surface area contributed by atoms with E-state index in [1.807, 2.05) is 0 Å². The van der Waals surface area contributed by atoms with Crippen molar-refractivity contribution in [3.05, 3.63) is 71.0 Å². The standard InChI is InChI=1S/C26H24FN7O4/c27-16-5-9-18(10-6-16)32-26(38)31-17-7-1-14(2-8-17)20-24(35)34(19-11-3-15(4-12-19)25(36)37)23-21(33-20)22(28)29-13-30-23/h1-2,5-10,13,15,19H,3-4,11-12H2,(H,36,37)(H2,28,29,30)(H2,31,32,38). The molecule has 0 saturated heterocycles. The van der Waals surface area contributed by atoms with Crippen LogP contribution in [0, 0.1) is 11.7 Å². The van der Waals surface area contributed by atoms with Crippen molar-refractivity contribution in [2.75, 3.05) is 16.4 Å². The topological polar surface area (TPSA) is 165 Å². The van der Waals surface area contributed by atoms with Crippen molar-refractivity contribution < 1.29 is 19.1 Å². The molecule has 0 radical (unpaired) electrons. The molecule has 0 atom stereocenters. The maximum Gasteiger partial charge on any atom is 0.323 e. The van der Waals surface area contributed by atoms with Crippen molar-refractivity contribution in [1.82, 2.24) is 19.5 Å². The molecular formula is C26H24FN7O4. The zero-order chi connectivity index (χ0) is 26.8. The van der Waals surface area contributed by atoms with E-state index in [0.717, 1.165) is 0 Å². The summed E-state index contributed by atoms with van der Waals surface area (Å²) in [5.41, 5.74) is 7.83. The van der Waals surface area contributed by atoms with Crippen molar-refractivity contribution in [1.29, 1.82) is 0 Å². The van der Waals surface area contributed by atoms with Crippen LogP contribution in [-0.4, -0.2) is 36.6 Å². The summed E-state index contributed by atoms with van der Waals surface area (Å²) in [6.07, 6.45) is 3.19. The summed E-state index contributed by atoms with van der Waals surface area (Å²) < 4.78 is 14.6. The van der Waals surface area contributed by atoms with Gasteiger partial charge in [0, 0.05) is 23.0 Å². The number of carboxylic acid groups (broad SMARTS) is 1. The third kappa shape index (κ3) is 5.01. The highest BCUT2D eigenvalue weighted by Crippen LogP contribution is 2.34. The quantitative estimate of drug-likeness (QED) is 0.308. The van der Waals surface area contributed by atoms with E-state index in [-0.39, 0.29) is 28.6 Å². The van der Waals surface area contributed by atoms with Crippen LogP contribution in [0.5, 0.6) is 0 Å². The van der Waals surface area contributed by atoms with E-state index < -0.39 is 23.7 Å². The number of carbonyl (C=O) groups is 2. The molecule has 2 heterocycles. The maximum atomic E-state index is 13.7. The minimum atomic E-state index is -0.831. The molecule has 1 fully saturated rings. The molecule has 0 aliphatic heterocycles. The zero-order valence-electron chi connectivity index (χ0n) is 20.1.